The fourth-order valence-electron chi connectivity index (χ4n) is 3.69. The zero-order chi connectivity index (χ0) is 28.9. The SMILES string of the molecule is COc1cc(C=C2SC(=O)N(CCC(=O)Nc3cccc(C(F)(F)F)c3)C2=O)ccc1OCc1ccc(Cl)cc1. The summed E-state index contributed by atoms with van der Waals surface area (Å²) in [6, 6.07) is 16.4. The van der Waals surface area contributed by atoms with Crippen LogP contribution in [0.5, 0.6) is 11.5 Å². The third-order valence-electron chi connectivity index (χ3n) is 5.70. The van der Waals surface area contributed by atoms with E-state index in [0.717, 1.165) is 34.4 Å². The highest BCUT2D eigenvalue weighted by Crippen LogP contribution is 2.35. The van der Waals surface area contributed by atoms with Gasteiger partial charge in [0.15, 0.2) is 11.5 Å². The van der Waals surface area contributed by atoms with Crippen molar-refractivity contribution in [1.29, 1.82) is 0 Å². The van der Waals surface area contributed by atoms with Crippen LogP contribution in [-0.2, 0) is 22.4 Å². The maximum atomic E-state index is 12.9. The van der Waals surface area contributed by atoms with Crippen molar-refractivity contribution in [3.05, 3.63) is 93.3 Å². The summed E-state index contributed by atoms with van der Waals surface area (Å²) >= 11 is 6.63. The van der Waals surface area contributed by atoms with E-state index in [9.17, 15) is 27.6 Å². The Hall–Kier alpha value is -3.96. The van der Waals surface area contributed by atoms with Crippen molar-refractivity contribution in [3.8, 4) is 11.5 Å². The van der Waals surface area contributed by atoms with E-state index in [4.69, 9.17) is 21.1 Å². The second-order valence-electron chi connectivity index (χ2n) is 8.54. The number of rotatable bonds is 9. The van der Waals surface area contributed by atoms with Gasteiger partial charge in [0.05, 0.1) is 17.6 Å². The number of thioether (sulfide) groups is 1. The minimum Gasteiger partial charge on any atom is -0.493 e. The third-order valence-corrected chi connectivity index (χ3v) is 6.86. The summed E-state index contributed by atoms with van der Waals surface area (Å²) in [6.07, 6.45) is -3.31. The lowest BCUT2D eigenvalue weighted by atomic mass is 10.1. The lowest BCUT2D eigenvalue weighted by Crippen LogP contribution is -2.31. The van der Waals surface area contributed by atoms with E-state index in [-0.39, 0.29) is 30.2 Å². The Balaban J connectivity index is 1.37. The highest BCUT2D eigenvalue weighted by Gasteiger charge is 2.35. The number of halogens is 4. The first-order chi connectivity index (χ1) is 19.0. The summed E-state index contributed by atoms with van der Waals surface area (Å²) in [4.78, 5) is 38.6. The number of anilines is 1. The van der Waals surface area contributed by atoms with Crippen molar-refractivity contribution in [1.82, 2.24) is 4.90 Å². The average Bonchev–Trinajstić information content (AvgIpc) is 3.18. The molecule has 1 fully saturated rings. The van der Waals surface area contributed by atoms with Gasteiger partial charge in [0.2, 0.25) is 5.91 Å². The van der Waals surface area contributed by atoms with Gasteiger partial charge < -0.3 is 14.8 Å². The van der Waals surface area contributed by atoms with Crippen LogP contribution in [0.1, 0.15) is 23.1 Å². The predicted molar refractivity (Wildman–Crippen MR) is 146 cm³/mol. The highest BCUT2D eigenvalue weighted by molar-refractivity contribution is 8.18. The molecule has 3 aromatic carbocycles. The van der Waals surface area contributed by atoms with Gasteiger partial charge in [0, 0.05) is 23.7 Å². The topological polar surface area (TPSA) is 84.9 Å². The van der Waals surface area contributed by atoms with Crippen molar-refractivity contribution < 1.29 is 37.0 Å². The van der Waals surface area contributed by atoms with E-state index in [0.29, 0.717) is 22.1 Å². The number of alkyl halides is 3. The lowest BCUT2D eigenvalue weighted by Gasteiger charge is -2.13. The number of nitrogens with one attached hydrogen (secondary N) is 1. The number of carbonyl (C=O) groups excluding carboxylic acids is 3. The molecule has 0 bridgehead atoms. The number of benzene rings is 3. The molecule has 0 spiro atoms. The van der Waals surface area contributed by atoms with Crippen LogP contribution in [0.3, 0.4) is 0 Å². The van der Waals surface area contributed by atoms with Gasteiger partial charge >= 0.3 is 6.18 Å². The van der Waals surface area contributed by atoms with Crippen molar-refractivity contribution in [2.75, 3.05) is 19.0 Å². The second-order valence-corrected chi connectivity index (χ2v) is 9.97. The molecule has 40 heavy (non-hydrogen) atoms. The smallest absolute Gasteiger partial charge is 0.416 e. The van der Waals surface area contributed by atoms with Crippen LogP contribution in [0, 0.1) is 0 Å². The molecule has 4 rings (SSSR count). The quantitative estimate of drug-likeness (QED) is 0.270. The largest absolute Gasteiger partial charge is 0.493 e. The van der Waals surface area contributed by atoms with Crippen LogP contribution in [-0.4, -0.2) is 35.6 Å². The van der Waals surface area contributed by atoms with E-state index >= 15 is 0 Å². The van der Waals surface area contributed by atoms with Gasteiger partial charge in [-0.05, 0) is 71.4 Å². The van der Waals surface area contributed by atoms with Gasteiger partial charge in [-0.1, -0.05) is 35.9 Å². The Bertz CT molecular complexity index is 1460. The van der Waals surface area contributed by atoms with E-state index in [1.165, 1.54) is 25.3 Å². The van der Waals surface area contributed by atoms with Gasteiger partial charge in [-0.2, -0.15) is 13.2 Å². The molecule has 3 aromatic rings. The summed E-state index contributed by atoms with van der Waals surface area (Å²) in [5, 5.41) is 2.42. The zero-order valence-electron chi connectivity index (χ0n) is 21.0. The molecular formula is C28H22ClF3N2O5S. The molecule has 208 valence electrons. The van der Waals surface area contributed by atoms with Gasteiger partial charge in [0.1, 0.15) is 6.61 Å². The van der Waals surface area contributed by atoms with Crippen LogP contribution in [0.25, 0.3) is 6.08 Å². The van der Waals surface area contributed by atoms with Crippen LogP contribution in [0.2, 0.25) is 5.02 Å². The Morgan fingerprint density at radius 3 is 2.50 bits per heavy atom. The molecule has 12 heteroatoms. The number of nitrogens with zero attached hydrogens (tertiary/aromatic N) is 1. The number of methoxy groups -OCH3 is 1. The molecule has 1 saturated heterocycles. The fourth-order valence-corrected chi connectivity index (χ4v) is 4.68. The first kappa shape index (κ1) is 29.0. The number of hydrogen-bond acceptors (Lipinski definition) is 6. The molecule has 3 amide bonds. The monoisotopic (exact) mass is 590 g/mol. The van der Waals surface area contributed by atoms with E-state index < -0.39 is 28.8 Å². The maximum absolute atomic E-state index is 12.9. The molecule has 7 nitrogen and oxygen atoms in total. The second kappa shape index (κ2) is 12.5. The summed E-state index contributed by atoms with van der Waals surface area (Å²) < 4.78 is 49.9. The Morgan fingerprint density at radius 2 is 1.80 bits per heavy atom. The van der Waals surface area contributed by atoms with Crippen molar-refractivity contribution in [2.24, 2.45) is 0 Å². The van der Waals surface area contributed by atoms with Crippen LogP contribution >= 0.6 is 23.4 Å². The molecule has 1 aliphatic rings. The van der Waals surface area contributed by atoms with Crippen LogP contribution in [0.15, 0.2) is 71.6 Å². The fraction of sp³-hybridized carbons (Fsp3) is 0.179. The molecule has 0 aromatic heterocycles. The maximum Gasteiger partial charge on any atom is 0.416 e. The van der Waals surface area contributed by atoms with Gasteiger partial charge in [-0.3, -0.25) is 19.3 Å². The number of amides is 3. The van der Waals surface area contributed by atoms with Crippen LogP contribution < -0.4 is 14.8 Å². The van der Waals surface area contributed by atoms with Crippen molar-refractivity contribution in [2.45, 2.75) is 19.2 Å². The minimum atomic E-state index is -4.55. The Kier molecular flexibility index (Phi) is 9.06. The predicted octanol–water partition coefficient (Wildman–Crippen LogP) is 7.01. The molecule has 1 heterocycles. The lowest BCUT2D eigenvalue weighted by molar-refractivity contribution is -0.137. The van der Waals surface area contributed by atoms with Gasteiger partial charge in [-0.15, -0.1) is 0 Å². The first-order valence-corrected chi connectivity index (χ1v) is 13.0. The van der Waals surface area contributed by atoms with Crippen molar-refractivity contribution >= 4 is 52.2 Å². The average molecular weight is 591 g/mol. The first-order valence-electron chi connectivity index (χ1n) is 11.8. The standard InChI is InChI=1S/C28H22ClF3N2O5S/c1-38-23-13-18(7-10-22(23)39-16-17-5-8-20(29)9-6-17)14-24-26(36)34(27(37)40-24)12-11-25(35)33-21-4-2-3-19(15-21)28(30,31)32/h2-10,13-15H,11-12,16H2,1H3,(H,33,35). The number of imide groups is 1. The van der Waals surface area contributed by atoms with E-state index in [1.54, 1.807) is 30.3 Å². The summed E-state index contributed by atoms with van der Waals surface area (Å²) in [5.41, 5.74) is 0.554. The molecule has 0 radical (unpaired) electrons. The Labute approximate surface area is 236 Å². The highest BCUT2D eigenvalue weighted by atomic mass is 35.5. The summed E-state index contributed by atoms with van der Waals surface area (Å²) in [5.74, 6) is -0.312. The number of carbonyl (C=O) groups is 3. The molecule has 0 unspecified atom stereocenters. The zero-order valence-corrected chi connectivity index (χ0v) is 22.5. The molecule has 0 aliphatic carbocycles. The normalized spacial score (nSPS) is 14.5. The summed E-state index contributed by atoms with van der Waals surface area (Å²) in [6.45, 7) is 0.0563. The Morgan fingerprint density at radius 1 is 1.05 bits per heavy atom. The summed E-state index contributed by atoms with van der Waals surface area (Å²) in [7, 11) is 1.48. The molecule has 0 atom stereocenters. The molecular weight excluding hydrogens is 569 g/mol. The van der Waals surface area contributed by atoms with E-state index in [1.807, 2.05) is 12.1 Å². The third kappa shape index (κ3) is 7.36. The molecule has 0 saturated carbocycles. The van der Waals surface area contributed by atoms with E-state index in [2.05, 4.69) is 5.32 Å². The van der Waals surface area contributed by atoms with Crippen molar-refractivity contribution in [3.63, 3.8) is 0 Å². The number of ether oxygens (including phenoxy) is 2. The molecule has 1 aliphatic heterocycles. The van der Waals surface area contributed by atoms with Crippen LogP contribution in [0.4, 0.5) is 23.7 Å². The van der Waals surface area contributed by atoms with Gasteiger partial charge in [-0.25, -0.2) is 0 Å². The van der Waals surface area contributed by atoms with Gasteiger partial charge in [0.25, 0.3) is 11.1 Å². The number of hydrogen-bond donors (Lipinski definition) is 1. The minimum absolute atomic E-state index is 0.0385. The molecule has 1 N–H and O–H groups in total.